The fraction of sp³-hybridized carbons (Fsp3) is 0.263. The summed E-state index contributed by atoms with van der Waals surface area (Å²) in [5.41, 5.74) is 2.06. The lowest BCUT2D eigenvalue weighted by Gasteiger charge is -2.07. The number of rotatable bonds is 7. The first kappa shape index (κ1) is 17.0. The third kappa shape index (κ3) is 4.15. The van der Waals surface area contributed by atoms with E-state index in [0.717, 1.165) is 11.0 Å². The van der Waals surface area contributed by atoms with Crippen molar-refractivity contribution in [3.05, 3.63) is 70.4 Å². The van der Waals surface area contributed by atoms with Gasteiger partial charge in [0.15, 0.2) is 0 Å². The minimum atomic E-state index is -0.283. The Morgan fingerprint density at radius 3 is 2.72 bits per heavy atom. The summed E-state index contributed by atoms with van der Waals surface area (Å²) in [6.07, 6.45) is 1.27. The Hall–Kier alpha value is -2.89. The number of amides is 1. The number of hydrogen-bond donors (Lipinski definition) is 2. The zero-order valence-electron chi connectivity index (χ0n) is 13.8. The molecule has 0 radical (unpaired) electrons. The molecule has 5 nitrogen and oxygen atoms in total. The molecule has 0 saturated carbocycles. The standard InChI is InChI=1S/C19H20FN3O2/c20-15-7-2-1-6-14(15)10-11-18(24)21-12-5-13-23-17-9-4-3-8-16(17)22-19(23)25/h1-4,6-9H,5,10-13H2,(H,21,24)(H,22,25). The number of imidazole rings is 1. The summed E-state index contributed by atoms with van der Waals surface area (Å²) >= 11 is 0. The molecule has 1 heterocycles. The molecule has 0 fully saturated rings. The van der Waals surface area contributed by atoms with Gasteiger partial charge in [0, 0.05) is 19.5 Å². The number of para-hydroxylation sites is 2. The largest absolute Gasteiger partial charge is 0.356 e. The number of hydrogen-bond acceptors (Lipinski definition) is 2. The van der Waals surface area contributed by atoms with E-state index in [-0.39, 0.29) is 23.8 Å². The van der Waals surface area contributed by atoms with E-state index in [4.69, 9.17) is 0 Å². The van der Waals surface area contributed by atoms with Gasteiger partial charge in [-0.05, 0) is 36.6 Å². The molecule has 0 aliphatic heterocycles. The van der Waals surface area contributed by atoms with Crippen LogP contribution in [0.5, 0.6) is 0 Å². The molecular formula is C19H20FN3O2. The number of carbonyl (C=O) groups is 1. The van der Waals surface area contributed by atoms with Crippen LogP contribution in [0.25, 0.3) is 11.0 Å². The highest BCUT2D eigenvalue weighted by molar-refractivity contribution is 5.76. The van der Waals surface area contributed by atoms with E-state index in [0.29, 0.717) is 31.5 Å². The van der Waals surface area contributed by atoms with E-state index < -0.39 is 0 Å². The SMILES string of the molecule is O=C(CCc1ccccc1F)NCCCn1c(=O)[nH]c2ccccc21. The predicted molar refractivity (Wildman–Crippen MR) is 94.9 cm³/mol. The van der Waals surface area contributed by atoms with Crippen molar-refractivity contribution in [2.24, 2.45) is 0 Å². The van der Waals surface area contributed by atoms with E-state index in [9.17, 15) is 14.0 Å². The number of aromatic nitrogens is 2. The van der Waals surface area contributed by atoms with Gasteiger partial charge in [-0.3, -0.25) is 9.36 Å². The lowest BCUT2D eigenvalue weighted by atomic mass is 10.1. The smallest absolute Gasteiger partial charge is 0.326 e. The number of carbonyl (C=O) groups excluding carboxylic acids is 1. The highest BCUT2D eigenvalue weighted by atomic mass is 19.1. The first-order chi connectivity index (χ1) is 12.1. The summed E-state index contributed by atoms with van der Waals surface area (Å²) in [7, 11) is 0. The fourth-order valence-electron chi connectivity index (χ4n) is 2.83. The summed E-state index contributed by atoms with van der Waals surface area (Å²) in [4.78, 5) is 26.6. The first-order valence-electron chi connectivity index (χ1n) is 8.33. The maximum atomic E-state index is 13.5. The Kier molecular flexibility index (Phi) is 5.28. The van der Waals surface area contributed by atoms with Crippen molar-refractivity contribution in [1.29, 1.82) is 0 Å². The molecule has 6 heteroatoms. The molecule has 0 saturated heterocycles. The Morgan fingerprint density at radius 1 is 1.12 bits per heavy atom. The van der Waals surface area contributed by atoms with E-state index in [2.05, 4.69) is 10.3 Å². The Labute approximate surface area is 144 Å². The van der Waals surface area contributed by atoms with Crippen LogP contribution in [0.1, 0.15) is 18.4 Å². The molecule has 0 atom stereocenters. The van der Waals surface area contributed by atoms with Crippen LogP contribution in [0.2, 0.25) is 0 Å². The number of benzene rings is 2. The van der Waals surface area contributed by atoms with Crippen LogP contribution >= 0.6 is 0 Å². The first-order valence-corrected chi connectivity index (χ1v) is 8.33. The molecule has 2 aromatic carbocycles. The van der Waals surface area contributed by atoms with Crippen molar-refractivity contribution in [2.45, 2.75) is 25.8 Å². The van der Waals surface area contributed by atoms with Gasteiger partial charge in [-0.15, -0.1) is 0 Å². The number of nitrogens with one attached hydrogen (secondary N) is 2. The summed E-state index contributed by atoms with van der Waals surface area (Å²) in [6, 6.07) is 14.0. The molecule has 3 aromatic rings. The number of nitrogens with zero attached hydrogens (tertiary/aromatic N) is 1. The molecule has 1 amide bonds. The minimum Gasteiger partial charge on any atom is -0.356 e. The van der Waals surface area contributed by atoms with Crippen molar-refractivity contribution >= 4 is 16.9 Å². The van der Waals surface area contributed by atoms with Crippen molar-refractivity contribution in [3.63, 3.8) is 0 Å². The summed E-state index contributed by atoms with van der Waals surface area (Å²) in [5, 5.41) is 2.82. The fourth-order valence-corrected chi connectivity index (χ4v) is 2.83. The van der Waals surface area contributed by atoms with E-state index in [1.54, 1.807) is 22.8 Å². The summed E-state index contributed by atoms with van der Waals surface area (Å²) < 4.78 is 15.2. The van der Waals surface area contributed by atoms with Crippen LogP contribution in [0.15, 0.2) is 53.3 Å². The quantitative estimate of drug-likeness (QED) is 0.649. The average molecular weight is 341 g/mol. The van der Waals surface area contributed by atoms with Crippen LogP contribution in [-0.2, 0) is 17.8 Å². The van der Waals surface area contributed by atoms with Crippen LogP contribution in [0, 0.1) is 5.82 Å². The number of fused-ring (bicyclic) bond motifs is 1. The van der Waals surface area contributed by atoms with Gasteiger partial charge >= 0.3 is 5.69 Å². The van der Waals surface area contributed by atoms with E-state index >= 15 is 0 Å². The van der Waals surface area contributed by atoms with E-state index in [1.807, 2.05) is 24.3 Å². The third-order valence-corrected chi connectivity index (χ3v) is 4.14. The van der Waals surface area contributed by atoms with Crippen LogP contribution < -0.4 is 11.0 Å². The maximum absolute atomic E-state index is 13.5. The topological polar surface area (TPSA) is 66.9 Å². The molecular weight excluding hydrogens is 321 g/mol. The Morgan fingerprint density at radius 2 is 1.88 bits per heavy atom. The molecule has 1 aromatic heterocycles. The van der Waals surface area contributed by atoms with Crippen LogP contribution in [0.4, 0.5) is 4.39 Å². The molecule has 2 N–H and O–H groups in total. The third-order valence-electron chi connectivity index (χ3n) is 4.14. The van der Waals surface area contributed by atoms with Gasteiger partial charge in [-0.25, -0.2) is 9.18 Å². The van der Waals surface area contributed by atoms with Crippen molar-refractivity contribution in [1.82, 2.24) is 14.9 Å². The summed E-state index contributed by atoms with van der Waals surface area (Å²) in [6.45, 7) is 0.999. The normalized spacial score (nSPS) is 10.9. The molecule has 0 bridgehead atoms. The van der Waals surface area contributed by atoms with Crippen molar-refractivity contribution in [3.8, 4) is 0 Å². The van der Waals surface area contributed by atoms with Gasteiger partial charge in [-0.2, -0.15) is 0 Å². The van der Waals surface area contributed by atoms with Crippen molar-refractivity contribution in [2.75, 3.05) is 6.54 Å². The number of H-pyrrole nitrogens is 1. The second kappa shape index (κ2) is 7.79. The van der Waals surface area contributed by atoms with Gasteiger partial charge in [0.1, 0.15) is 5.82 Å². The Balaban J connectivity index is 1.45. The van der Waals surface area contributed by atoms with Gasteiger partial charge in [-0.1, -0.05) is 30.3 Å². The van der Waals surface area contributed by atoms with Gasteiger partial charge in [0.2, 0.25) is 5.91 Å². The molecule has 25 heavy (non-hydrogen) atoms. The minimum absolute atomic E-state index is 0.116. The average Bonchev–Trinajstić information content (AvgIpc) is 2.93. The molecule has 3 rings (SSSR count). The zero-order chi connectivity index (χ0) is 17.6. The van der Waals surface area contributed by atoms with Crippen LogP contribution in [-0.4, -0.2) is 22.0 Å². The molecule has 0 aliphatic carbocycles. The molecule has 0 spiro atoms. The highest BCUT2D eigenvalue weighted by Crippen LogP contribution is 2.10. The lowest BCUT2D eigenvalue weighted by Crippen LogP contribution is -2.26. The zero-order valence-corrected chi connectivity index (χ0v) is 13.8. The summed E-state index contributed by atoms with van der Waals surface area (Å²) in [5.74, 6) is -0.400. The van der Waals surface area contributed by atoms with Gasteiger partial charge in [0.05, 0.1) is 11.0 Å². The van der Waals surface area contributed by atoms with Gasteiger partial charge < -0.3 is 10.3 Å². The predicted octanol–water partition coefficient (Wildman–Crippen LogP) is 2.61. The number of aromatic amines is 1. The highest BCUT2D eigenvalue weighted by Gasteiger charge is 2.07. The number of halogens is 1. The van der Waals surface area contributed by atoms with Crippen LogP contribution in [0.3, 0.4) is 0 Å². The molecule has 0 aliphatic rings. The second-order valence-corrected chi connectivity index (χ2v) is 5.89. The van der Waals surface area contributed by atoms with Gasteiger partial charge in [0.25, 0.3) is 0 Å². The lowest BCUT2D eigenvalue weighted by molar-refractivity contribution is -0.121. The Bertz CT molecular complexity index is 930. The van der Waals surface area contributed by atoms with E-state index in [1.165, 1.54) is 6.07 Å². The number of aryl methyl sites for hydroxylation is 2. The van der Waals surface area contributed by atoms with Crippen molar-refractivity contribution < 1.29 is 9.18 Å². The monoisotopic (exact) mass is 341 g/mol. The molecule has 0 unspecified atom stereocenters. The second-order valence-electron chi connectivity index (χ2n) is 5.89. The maximum Gasteiger partial charge on any atom is 0.326 e. The molecule has 130 valence electrons.